The molecule has 0 bridgehead atoms. The fourth-order valence-electron chi connectivity index (χ4n) is 1.07. The SMILES string of the molecule is Cc1[c]cc([N+](=O)[O-])cc1CCCl. The molecule has 1 aromatic carbocycles. The van der Waals surface area contributed by atoms with Gasteiger partial charge in [0.1, 0.15) is 0 Å². The molecule has 4 heteroatoms. The van der Waals surface area contributed by atoms with Crippen molar-refractivity contribution in [3.63, 3.8) is 0 Å². The van der Waals surface area contributed by atoms with E-state index in [1.807, 2.05) is 6.92 Å². The third-order valence-corrected chi connectivity index (χ3v) is 2.00. The second-order valence-electron chi connectivity index (χ2n) is 2.70. The van der Waals surface area contributed by atoms with E-state index >= 15 is 0 Å². The Kier molecular flexibility index (Phi) is 3.25. The first-order valence-corrected chi connectivity index (χ1v) is 4.40. The lowest BCUT2D eigenvalue weighted by atomic mass is 10.1. The third-order valence-electron chi connectivity index (χ3n) is 1.81. The minimum atomic E-state index is -0.423. The predicted octanol–water partition coefficient (Wildman–Crippen LogP) is 2.48. The highest BCUT2D eigenvalue weighted by Crippen LogP contribution is 2.17. The van der Waals surface area contributed by atoms with E-state index in [-0.39, 0.29) is 5.69 Å². The van der Waals surface area contributed by atoms with Crippen LogP contribution in [0.4, 0.5) is 5.69 Å². The highest BCUT2D eigenvalue weighted by atomic mass is 35.5. The van der Waals surface area contributed by atoms with Gasteiger partial charge in [0.2, 0.25) is 0 Å². The molecule has 0 aliphatic rings. The second kappa shape index (κ2) is 4.23. The minimum absolute atomic E-state index is 0.0747. The molecule has 0 aliphatic carbocycles. The number of alkyl halides is 1. The summed E-state index contributed by atoms with van der Waals surface area (Å²) in [5, 5.41) is 10.4. The van der Waals surface area contributed by atoms with Crippen molar-refractivity contribution in [3.05, 3.63) is 39.4 Å². The summed E-state index contributed by atoms with van der Waals surface area (Å²) in [7, 11) is 0. The van der Waals surface area contributed by atoms with E-state index in [9.17, 15) is 10.1 Å². The van der Waals surface area contributed by atoms with E-state index in [0.717, 1.165) is 11.1 Å². The van der Waals surface area contributed by atoms with Crippen LogP contribution in [0.3, 0.4) is 0 Å². The van der Waals surface area contributed by atoms with Crippen LogP contribution < -0.4 is 0 Å². The van der Waals surface area contributed by atoms with E-state index in [0.29, 0.717) is 12.3 Å². The number of benzene rings is 1. The summed E-state index contributed by atoms with van der Waals surface area (Å²) in [6.45, 7) is 1.87. The molecule has 0 saturated carbocycles. The quantitative estimate of drug-likeness (QED) is 0.426. The number of nitro benzene ring substituents is 1. The molecule has 0 atom stereocenters. The number of nitrogens with zero attached hydrogens (tertiary/aromatic N) is 1. The molecule has 3 nitrogen and oxygen atoms in total. The zero-order valence-corrected chi connectivity index (χ0v) is 7.97. The summed E-state index contributed by atoms with van der Waals surface area (Å²) in [6.07, 6.45) is 0.644. The highest BCUT2D eigenvalue weighted by molar-refractivity contribution is 6.18. The Labute approximate surface area is 81.5 Å². The van der Waals surface area contributed by atoms with Crippen LogP contribution in [0.15, 0.2) is 12.1 Å². The number of rotatable bonds is 3. The zero-order valence-electron chi connectivity index (χ0n) is 7.21. The second-order valence-corrected chi connectivity index (χ2v) is 3.08. The lowest BCUT2D eigenvalue weighted by Gasteiger charge is -2.01. The lowest BCUT2D eigenvalue weighted by Crippen LogP contribution is -1.94. The molecule has 1 radical (unpaired) electrons. The molecule has 0 aliphatic heterocycles. The van der Waals surface area contributed by atoms with Gasteiger partial charge in [-0.1, -0.05) is 0 Å². The van der Waals surface area contributed by atoms with E-state index in [2.05, 4.69) is 6.07 Å². The minimum Gasteiger partial charge on any atom is -0.258 e. The first-order valence-electron chi connectivity index (χ1n) is 3.86. The smallest absolute Gasteiger partial charge is 0.258 e. The monoisotopic (exact) mass is 198 g/mol. The number of hydrogen-bond donors (Lipinski definition) is 0. The summed E-state index contributed by atoms with van der Waals surface area (Å²) in [5.41, 5.74) is 1.89. The molecule has 1 aromatic rings. The molecular formula is C9H9ClNO2. The topological polar surface area (TPSA) is 43.1 Å². The van der Waals surface area contributed by atoms with Crippen molar-refractivity contribution >= 4 is 17.3 Å². The van der Waals surface area contributed by atoms with Crippen LogP contribution in [0.2, 0.25) is 0 Å². The third kappa shape index (κ3) is 2.42. The molecule has 0 spiro atoms. The van der Waals surface area contributed by atoms with Crippen molar-refractivity contribution in [2.45, 2.75) is 13.3 Å². The van der Waals surface area contributed by atoms with Crippen molar-refractivity contribution in [2.75, 3.05) is 5.88 Å². The average molecular weight is 199 g/mol. The van der Waals surface area contributed by atoms with Crippen molar-refractivity contribution < 1.29 is 4.92 Å². The van der Waals surface area contributed by atoms with Crippen molar-refractivity contribution in [1.29, 1.82) is 0 Å². The van der Waals surface area contributed by atoms with Gasteiger partial charge in [-0.25, -0.2) is 0 Å². The number of halogens is 1. The zero-order chi connectivity index (χ0) is 9.84. The Bertz CT molecular complexity index is 325. The first-order chi connectivity index (χ1) is 6.15. The van der Waals surface area contributed by atoms with Crippen LogP contribution in [0.1, 0.15) is 11.1 Å². The van der Waals surface area contributed by atoms with Gasteiger partial charge in [-0.05, 0) is 30.5 Å². The van der Waals surface area contributed by atoms with Gasteiger partial charge >= 0.3 is 0 Å². The van der Waals surface area contributed by atoms with Gasteiger partial charge in [0.25, 0.3) is 5.69 Å². The predicted molar refractivity (Wildman–Crippen MR) is 51.1 cm³/mol. The number of aryl methyl sites for hydroxylation is 2. The van der Waals surface area contributed by atoms with Crippen LogP contribution in [0, 0.1) is 23.1 Å². The maximum Gasteiger partial charge on any atom is 0.270 e. The summed E-state index contributed by atoms with van der Waals surface area (Å²) in [5.74, 6) is 0.468. The summed E-state index contributed by atoms with van der Waals surface area (Å²) in [6, 6.07) is 5.77. The van der Waals surface area contributed by atoms with Crippen molar-refractivity contribution in [2.24, 2.45) is 0 Å². The maximum atomic E-state index is 10.4. The average Bonchev–Trinajstić information content (AvgIpc) is 2.08. The lowest BCUT2D eigenvalue weighted by molar-refractivity contribution is -0.385. The molecule has 0 unspecified atom stereocenters. The van der Waals surface area contributed by atoms with Crippen molar-refractivity contribution in [3.8, 4) is 0 Å². The Morgan fingerprint density at radius 3 is 2.92 bits per heavy atom. The Morgan fingerprint density at radius 1 is 1.69 bits per heavy atom. The summed E-state index contributed by atoms with van der Waals surface area (Å²) < 4.78 is 0. The molecule has 0 fully saturated rings. The van der Waals surface area contributed by atoms with Gasteiger partial charge in [-0.2, -0.15) is 0 Å². The molecule has 0 heterocycles. The van der Waals surface area contributed by atoms with Crippen LogP contribution in [-0.4, -0.2) is 10.8 Å². The van der Waals surface area contributed by atoms with E-state index in [4.69, 9.17) is 11.6 Å². The standard InChI is InChI=1S/C9H9ClNO2/c1-7-2-3-9(11(12)13)6-8(7)4-5-10/h3,6H,4-5H2,1H3. The Morgan fingerprint density at radius 2 is 2.38 bits per heavy atom. The van der Waals surface area contributed by atoms with Crippen LogP contribution in [-0.2, 0) is 6.42 Å². The van der Waals surface area contributed by atoms with E-state index < -0.39 is 4.92 Å². The molecule has 1 rings (SSSR count). The molecule has 0 N–H and O–H groups in total. The molecule has 69 valence electrons. The highest BCUT2D eigenvalue weighted by Gasteiger charge is 2.07. The molecule has 0 aromatic heterocycles. The number of hydrogen-bond acceptors (Lipinski definition) is 2. The largest absolute Gasteiger partial charge is 0.270 e. The Balaban J connectivity index is 3.03. The molecule has 13 heavy (non-hydrogen) atoms. The van der Waals surface area contributed by atoms with Crippen LogP contribution in [0.25, 0.3) is 0 Å². The van der Waals surface area contributed by atoms with E-state index in [1.54, 1.807) is 6.07 Å². The number of nitro groups is 1. The van der Waals surface area contributed by atoms with Crippen LogP contribution in [0.5, 0.6) is 0 Å². The van der Waals surface area contributed by atoms with Crippen LogP contribution >= 0.6 is 11.6 Å². The van der Waals surface area contributed by atoms with Gasteiger partial charge < -0.3 is 0 Å². The number of non-ortho nitro benzene ring substituents is 1. The van der Waals surface area contributed by atoms with E-state index in [1.165, 1.54) is 6.07 Å². The fourth-order valence-corrected chi connectivity index (χ4v) is 1.27. The molecule has 0 amide bonds. The summed E-state index contributed by atoms with van der Waals surface area (Å²) >= 11 is 5.56. The van der Waals surface area contributed by atoms with Gasteiger partial charge in [0, 0.05) is 18.0 Å². The molecular weight excluding hydrogens is 190 g/mol. The fraction of sp³-hybridized carbons (Fsp3) is 0.333. The van der Waals surface area contributed by atoms with Gasteiger partial charge in [0.05, 0.1) is 4.92 Å². The van der Waals surface area contributed by atoms with Gasteiger partial charge in [-0.3, -0.25) is 10.1 Å². The van der Waals surface area contributed by atoms with Gasteiger partial charge in [-0.15, -0.1) is 11.6 Å². The normalized spacial score (nSPS) is 10.0. The Hall–Kier alpha value is -1.09. The summed E-state index contributed by atoms with van der Waals surface area (Å²) in [4.78, 5) is 10.00. The molecule has 0 saturated heterocycles. The maximum absolute atomic E-state index is 10.4. The first kappa shape index (κ1) is 9.99. The van der Waals surface area contributed by atoms with Crippen molar-refractivity contribution in [1.82, 2.24) is 0 Å². The van der Waals surface area contributed by atoms with Gasteiger partial charge in [0.15, 0.2) is 0 Å².